The van der Waals surface area contributed by atoms with E-state index in [1.807, 2.05) is 0 Å². The van der Waals surface area contributed by atoms with Crippen LogP contribution in [0.3, 0.4) is 0 Å². The lowest BCUT2D eigenvalue weighted by Crippen LogP contribution is -2.22. The normalized spacial score (nSPS) is 10.7. The standard InChI is InChI=1S/C26H20Cl2N2O5/c1-14-11-22-19(12-21(14)28)24(33)26(25(35-22)18-5-3-4-6-20(18)27)34-13-23(32)30-17-9-7-16(8-10-17)29-15(2)31/h3-12H,13H2,1-2H3,(H,29,31)(H,30,32). The fraction of sp³-hybridized carbons (Fsp3) is 0.115. The minimum atomic E-state index is -0.496. The zero-order chi connectivity index (χ0) is 25.1. The van der Waals surface area contributed by atoms with E-state index in [0.717, 1.165) is 5.56 Å². The van der Waals surface area contributed by atoms with Crippen LogP contribution >= 0.6 is 23.2 Å². The van der Waals surface area contributed by atoms with Gasteiger partial charge in [0.1, 0.15) is 5.58 Å². The van der Waals surface area contributed by atoms with Crippen LogP contribution < -0.4 is 20.8 Å². The topological polar surface area (TPSA) is 97.6 Å². The SMILES string of the molecule is CC(=O)Nc1ccc(NC(=O)COc2c(-c3ccccc3Cl)oc3cc(C)c(Cl)cc3c2=O)cc1. The van der Waals surface area contributed by atoms with Crippen molar-refractivity contribution in [2.45, 2.75) is 13.8 Å². The maximum Gasteiger partial charge on any atom is 0.262 e. The van der Waals surface area contributed by atoms with Crippen molar-refractivity contribution in [3.05, 3.63) is 86.5 Å². The van der Waals surface area contributed by atoms with Crippen molar-refractivity contribution in [3.8, 4) is 17.1 Å². The number of hydrogen-bond acceptors (Lipinski definition) is 5. The van der Waals surface area contributed by atoms with Crippen molar-refractivity contribution < 1.29 is 18.7 Å². The van der Waals surface area contributed by atoms with Gasteiger partial charge < -0.3 is 19.8 Å². The van der Waals surface area contributed by atoms with Gasteiger partial charge in [-0.25, -0.2) is 0 Å². The zero-order valence-corrected chi connectivity index (χ0v) is 20.3. The van der Waals surface area contributed by atoms with Gasteiger partial charge in [-0.05, 0) is 61.0 Å². The fourth-order valence-electron chi connectivity index (χ4n) is 3.43. The summed E-state index contributed by atoms with van der Waals surface area (Å²) >= 11 is 12.6. The summed E-state index contributed by atoms with van der Waals surface area (Å²) in [6.45, 7) is 2.75. The van der Waals surface area contributed by atoms with Crippen LogP contribution in [0.25, 0.3) is 22.3 Å². The number of amides is 2. The number of halogens is 2. The number of nitrogens with one attached hydrogen (secondary N) is 2. The van der Waals surface area contributed by atoms with Gasteiger partial charge in [0, 0.05) is 28.9 Å². The molecule has 3 aromatic carbocycles. The molecule has 0 saturated heterocycles. The highest BCUT2D eigenvalue weighted by Gasteiger charge is 2.21. The molecule has 0 aliphatic heterocycles. The van der Waals surface area contributed by atoms with Crippen LogP contribution in [0.1, 0.15) is 12.5 Å². The summed E-state index contributed by atoms with van der Waals surface area (Å²) in [6.07, 6.45) is 0. The largest absolute Gasteiger partial charge is 0.476 e. The maximum absolute atomic E-state index is 13.3. The molecule has 2 N–H and O–H groups in total. The molecule has 4 rings (SSSR count). The summed E-state index contributed by atoms with van der Waals surface area (Å²) in [4.78, 5) is 37.0. The van der Waals surface area contributed by atoms with Crippen molar-refractivity contribution in [1.29, 1.82) is 0 Å². The van der Waals surface area contributed by atoms with Gasteiger partial charge in [0.15, 0.2) is 12.4 Å². The molecule has 0 aliphatic rings. The lowest BCUT2D eigenvalue weighted by Gasteiger charge is -2.13. The van der Waals surface area contributed by atoms with Gasteiger partial charge in [-0.1, -0.05) is 35.3 Å². The molecular formula is C26H20Cl2N2O5. The predicted molar refractivity (Wildman–Crippen MR) is 138 cm³/mol. The zero-order valence-electron chi connectivity index (χ0n) is 18.8. The van der Waals surface area contributed by atoms with Gasteiger partial charge in [-0.15, -0.1) is 0 Å². The lowest BCUT2D eigenvalue weighted by atomic mass is 10.1. The number of aryl methyl sites for hydroxylation is 1. The van der Waals surface area contributed by atoms with Gasteiger partial charge in [0.25, 0.3) is 5.91 Å². The predicted octanol–water partition coefficient (Wildman–Crippen LogP) is 6.05. The first-order chi connectivity index (χ1) is 16.7. The van der Waals surface area contributed by atoms with E-state index in [2.05, 4.69) is 10.6 Å². The van der Waals surface area contributed by atoms with Crippen LogP contribution in [-0.4, -0.2) is 18.4 Å². The summed E-state index contributed by atoms with van der Waals surface area (Å²) in [5.41, 5.74) is 2.12. The van der Waals surface area contributed by atoms with Gasteiger partial charge >= 0.3 is 0 Å². The third-order valence-corrected chi connectivity index (χ3v) is 5.82. The average molecular weight is 511 g/mol. The third kappa shape index (κ3) is 5.48. The third-order valence-electron chi connectivity index (χ3n) is 5.09. The maximum atomic E-state index is 13.3. The Morgan fingerprint density at radius 3 is 2.26 bits per heavy atom. The summed E-state index contributed by atoms with van der Waals surface area (Å²) in [5, 5.41) is 6.31. The van der Waals surface area contributed by atoms with Crippen LogP contribution in [-0.2, 0) is 9.59 Å². The molecule has 0 unspecified atom stereocenters. The summed E-state index contributed by atoms with van der Waals surface area (Å²) in [6, 6.07) is 16.6. The number of carbonyl (C=O) groups excluding carboxylic acids is 2. The Morgan fingerprint density at radius 1 is 0.943 bits per heavy atom. The molecule has 178 valence electrons. The van der Waals surface area contributed by atoms with Crippen LogP contribution in [0.4, 0.5) is 11.4 Å². The molecule has 0 saturated carbocycles. The molecule has 0 spiro atoms. The minimum Gasteiger partial charge on any atom is -0.476 e. The highest BCUT2D eigenvalue weighted by atomic mass is 35.5. The summed E-state index contributed by atoms with van der Waals surface area (Å²) in [5.74, 6) is -0.733. The molecule has 0 aliphatic carbocycles. The van der Waals surface area contributed by atoms with Crippen molar-refractivity contribution in [2.75, 3.05) is 17.2 Å². The Bertz CT molecular complexity index is 1500. The van der Waals surface area contributed by atoms with E-state index >= 15 is 0 Å². The number of benzene rings is 3. The van der Waals surface area contributed by atoms with E-state index in [1.165, 1.54) is 13.0 Å². The monoisotopic (exact) mass is 510 g/mol. The first-order valence-corrected chi connectivity index (χ1v) is 11.3. The summed E-state index contributed by atoms with van der Waals surface area (Å²) < 4.78 is 11.7. The van der Waals surface area contributed by atoms with Crippen LogP contribution in [0.2, 0.25) is 10.0 Å². The molecule has 35 heavy (non-hydrogen) atoms. The molecule has 4 aromatic rings. The molecule has 1 heterocycles. The Kier molecular flexibility index (Phi) is 7.10. The minimum absolute atomic E-state index is 0.113. The van der Waals surface area contributed by atoms with Crippen LogP contribution in [0, 0.1) is 6.92 Å². The van der Waals surface area contributed by atoms with Gasteiger partial charge in [0.2, 0.25) is 17.1 Å². The number of ether oxygens (including phenoxy) is 1. The lowest BCUT2D eigenvalue weighted by molar-refractivity contribution is -0.118. The molecule has 0 fully saturated rings. The van der Waals surface area contributed by atoms with E-state index in [1.54, 1.807) is 61.5 Å². The van der Waals surface area contributed by atoms with Crippen molar-refractivity contribution >= 4 is 57.4 Å². The second kappa shape index (κ2) is 10.2. The summed E-state index contributed by atoms with van der Waals surface area (Å²) in [7, 11) is 0. The molecule has 2 amide bonds. The first-order valence-electron chi connectivity index (χ1n) is 10.5. The molecule has 0 bridgehead atoms. The average Bonchev–Trinajstić information content (AvgIpc) is 2.81. The van der Waals surface area contributed by atoms with Gasteiger partial charge in [-0.3, -0.25) is 14.4 Å². The number of carbonyl (C=O) groups is 2. The second-order valence-corrected chi connectivity index (χ2v) is 8.58. The van der Waals surface area contributed by atoms with E-state index < -0.39 is 17.9 Å². The molecule has 1 aromatic heterocycles. The number of rotatable bonds is 6. The second-order valence-electron chi connectivity index (χ2n) is 7.76. The first kappa shape index (κ1) is 24.3. The highest BCUT2D eigenvalue weighted by molar-refractivity contribution is 6.33. The molecular weight excluding hydrogens is 491 g/mol. The van der Waals surface area contributed by atoms with Crippen molar-refractivity contribution in [2.24, 2.45) is 0 Å². The smallest absolute Gasteiger partial charge is 0.262 e. The number of anilines is 2. The Morgan fingerprint density at radius 2 is 1.60 bits per heavy atom. The molecule has 0 radical (unpaired) electrons. The Labute approximate surface area is 210 Å². The molecule has 0 atom stereocenters. The Hall–Kier alpha value is -3.81. The van der Waals surface area contributed by atoms with Crippen molar-refractivity contribution in [3.63, 3.8) is 0 Å². The number of hydrogen-bond donors (Lipinski definition) is 2. The highest BCUT2D eigenvalue weighted by Crippen LogP contribution is 2.36. The fourth-order valence-corrected chi connectivity index (χ4v) is 3.81. The van der Waals surface area contributed by atoms with Crippen LogP contribution in [0.5, 0.6) is 5.75 Å². The van der Waals surface area contributed by atoms with Crippen LogP contribution in [0.15, 0.2) is 69.9 Å². The van der Waals surface area contributed by atoms with E-state index in [9.17, 15) is 14.4 Å². The van der Waals surface area contributed by atoms with E-state index in [0.29, 0.717) is 32.6 Å². The Balaban J connectivity index is 1.64. The quantitative estimate of drug-likeness (QED) is 0.329. The van der Waals surface area contributed by atoms with Gasteiger partial charge in [-0.2, -0.15) is 0 Å². The number of fused-ring (bicyclic) bond motifs is 1. The molecule has 7 nitrogen and oxygen atoms in total. The van der Waals surface area contributed by atoms with E-state index in [-0.39, 0.29) is 22.8 Å². The van der Waals surface area contributed by atoms with E-state index in [4.69, 9.17) is 32.4 Å². The molecule has 9 heteroatoms. The van der Waals surface area contributed by atoms with Crippen molar-refractivity contribution in [1.82, 2.24) is 0 Å². The van der Waals surface area contributed by atoms with Gasteiger partial charge in [0.05, 0.1) is 10.4 Å².